The van der Waals surface area contributed by atoms with E-state index in [-0.39, 0.29) is 36.3 Å². The smallest absolute Gasteiger partial charge is 0.262 e. The molecule has 10 rings (SSSR count). The highest BCUT2D eigenvalue weighted by Crippen LogP contribution is 2.61. The van der Waals surface area contributed by atoms with E-state index in [1.165, 1.54) is 0 Å². The van der Waals surface area contributed by atoms with Crippen LogP contribution < -0.4 is 25.2 Å². The van der Waals surface area contributed by atoms with E-state index in [9.17, 15) is 29.2 Å². The van der Waals surface area contributed by atoms with Gasteiger partial charge in [0.25, 0.3) is 17.7 Å². The molecule has 2 unspecified atom stereocenters. The molecule has 4 fully saturated rings. The van der Waals surface area contributed by atoms with Crippen LogP contribution in [0.25, 0.3) is 10.9 Å². The van der Waals surface area contributed by atoms with Gasteiger partial charge in [-0.15, -0.1) is 0 Å². The zero-order valence-corrected chi connectivity index (χ0v) is 34.6. The van der Waals surface area contributed by atoms with Crippen molar-refractivity contribution < 1.29 is 28.7 Å². The molecule has 0 radical (unpaired) electrons. The monoisotopic (exact) mass is 820 g/mol. The van der Waals surface area contributed by atoms with Gasteiger partial charge in [-0.05, 0) is 98.3 Å². The molecule has 0 spiro atoms. The molecule has 0 bridgehead atoms. The lowest BCUT2D eigenvalue weighted by atomic mass is 9.45. The SMILES string of the molecule is CC1(C)[C@H](NC(=O)c2ccc(N3CCC(CN4CCN(c5ccc6c(c5)C(=O)N(C5CCC(=O)NC5=O)C6=O)CC4)CC3)cc2)C2(C)c3ccnc4c(C#N)ccc(c34)O[C@@H]12. The summed E-state index contributed by atoms with van der Waals surface area (Å²) in [5.74, 6) is -0.794. The number of carbonyl (C=O) groups excluding carboxylic acids is 5. The molecule has 1 aromatic heterocycles. The number of aromatic nitrogens is 1. The number of hydrogen-bond acceptors (Lipinski definition) is 11. The number of rotatable bonds is 7. The van der Waals surface area contributed by atoms with Crippen LogP contribution in [0, 0.1) is 22.7 Å². The van der Waals surface area contributed by atoms with Crippen LogP contribution in [0.5, 0.6) is 5.75 Å². The van der Waals surface area contributed by atoms with Crippen molar-refractivity contribution in [2.24, 2.45) is 11.3 Å². The van der Waals surface area contributed by atoms with Gasteiger partial charge in [0.1, 0.15) is 24.0 Å². The Labute approximate surface area is 353 Å². The maximum atomic E-state index is 13.8. The molecule has 1 aliphatic carbocycles. The molecular formula is C47H48N8O6. The average molecular weight is 821 g/mol. The number of piperidine rings is 2. The first-order valence-electron chi connectivity index (χ1n) is 21.3. The average Bonchev–Trinajstić information content (AvgIpc) is 3.52. The number of fused-ring (bicyclic) bond motifs is 3. The van der Waals surface area contributed by atoms with Crippen LogP contribution in [0.15, 0.2) is 66.9 Å². The Bertz CT molecular complexity index is 2570. The number of anilines is 2. The van der Waals surface area contributed by atoms with Crippen molar-refractivity contribution in [2.45, 2.75) is 70.1 Å². The van der Waals surface area contributed by atoms with Crippen molar-refractivity contribution in [1.82, 2.24) is 25.4 Å². The Balaban J connectivity index is 0.719. The van der Waals surface area contributed by atoms with Gasteiger partial charge in [0.15, 0.2) is 0 Å². The molecule has 4 aromatic rings. The minimum absolute atomic E-state index is 0.0899. The lowest BCUT2D eigenvalue weighted by molar-refractivity contribution is -0.136. The predicted molar refractivity (Wildman–Crippen MR) is 226 cm³/mol. The summed E-state index contributed by atoms with van der Waals surface area (Å²) in [6, 6.07) is 20.0. The summed E-state index contributed by atoms with van der Waals surface area (Å²) >= 11 is 0. The van der Waals surface area contributed by atoms with Crippen LogP contribution in [0.2, 0.25) is 0 Å². The van der Waals surface area contributed by atoms with Gasteiger partial charge >= 0.3 is 0 Å². The summed E-state index contributed by atoms with van der Waals surface area (Å²) in [6.07, 6.45) is 3.97. The highest BCUT2D eigenvalue weighted by molar-refractivity contribution is 6.23. The van der Waals surface area contributed by atoms with E-state index in [2.05, 4.69) is 69.3 Å². The zero-order valence-electron chi connectivity index (χ0n) is 34.6. The molecule has 2 N–H and O–H groups in total. The second-order valence-corrected chi connectivity index (χ2v) is 18.3. The summed E-state index contributed by atoms with van der Waals surface area (Å²) in [7, 11) is 0. The Morgan fingerprint density at radius 2 is 1.57 bits per heavy atom. The van der Waals surface area contributed by atoms with Crippen molar-refractivity contribution in [3.63, 3.8) is 0 Å². The van der Waals surface area contributed by atoms with E-state index >= 15 is 0 Å². The van der Waals surface area contributed by atoms with Crippen LogP contribution >= 0.6 is 0 Å². The van der Waals surface area contributed by atoms with Gasteiger partial charge in [-0.1, -0.05) is 13.8 Å². The minimum atomic E-state index is -0.976. The summed E-state index contributed by atoms with van der Waals surface area (Å²) < 4.78 is 6.59. The van der Waals surface area contributed by atoms with E-state index in [0.717, 1.165) is 91.6 Å². The van der Waals surface area contributed by atoms with Crippen LogP contribution in [0.1, 0.15) is 88.7 Å². The molecular weight excluding hydrogens is 773 g/mol. The highest BCUT2D eigenvalue weighted by atomic mass is 16.5. The summed E-state index contributed by atoms with van der Waals surface area (Å²) in [5, 5.41) is 16.2. The number of hydrogen-bond donors (Lipinski definition) is 2. The predicted octanol–water partition coefficient (Wildman–Crippen LogP) is 4.40. The van der Waals surface area contributed by atoms with E-state index in [1.807, 2.05) is 30.3 Å². The Morgan fingerprint density at radius 1 is 0.869 bits per heavy atom. The first kappa shape index (κ1) is 38.8. The second-order valence-electron chi connectivity index (χ2n) is 18.3. The Hall–Kier alpha value is -6.33. The molecule has 3 aromatic carbocycles. The summed E-state index contributed by atoms with van der Waals surface area (Å²) in [6.45, 7) is 12.7. The fourth-order valence-corrected chi connectivity index (χ4v) is 11.3. The van der Waals surface area contributed by atoms with E-state index in [1.54, 1.807) is 24.4 Å². The molecule has 1 saturated carbocycles. The fraction of sp³-hybridized carbons (Fsp3) is 0.426. The van der Waals surface area contributed by atoms with E-state index < -0.39 is 35.1 Å². The number of carbonyl (C=O) groups is 5. The molecule has 14 nitrogen and oxygen atoms in total. The number of nitrogens with one attached hydrogen (secondary N) is 2. The first-order chi connectivity index (χ1) is 29.4. The number of nitriles is 1. The lowest BCUT2D eigenvalue weighted by Gasteiger charge is -2.66. The maximum Gasteiger partial charge on any atom is 0.262 e. The van der Waals surface area contributed by atoms with Crippen molar-refractivity contribution >= 4 is 51.8 Å². The normalized spacial score (nSPS) is 25.9. The highest BCUT2D eigenvalue weighted by Gasteiger charge is 2.69. The molecule has 4 atom stereocenters. The van der Waals surface area contributed by atoms with Crippen molar-refractivity contribution in [3.05, 3.63) is 94.7 Å². The molecule has 312 valence electrons. The van der Waals surface area contributed by atoms with Crippen LogP contribution in [-0.2, 0) is 15.0 Å². The van der Waals surface area contributed by atoms with Gasteiger partial charge in [-0.2, -0.15) is 5.26 Å². The van der Waals surface area contributed by atoms with Gasteiger partial charge in [0.2, 0.25) is 11.8 Å². The maximum absolute atomic E-state index is 13.8. The standard InChI is InChI=1S/C47H48N8O6/c1-46(2)44(47(3)34-14-17-49-39-29(25-48)6-12-36(38(34)39)61-45(46)47)51-40(57)28-4-7-30(8-5-28)53-18-15-27(16-19-53)26-52-20-22-54(23-21-52)31-9-10-32-33(24-31)43(60)55(42(32)59)35-11-13-37(56)50-41(35)58/h4-10,12,14,17,24,27,35,44-45H,11,13,15-16,18-23,26H2,1-3H3,(H,51,57)(H,50,56,58)/t35?,44-,45-,47?/m0/s1. The van der Waals surface area contributed by atoms with Crippen molar-refractivity contribution in [2.75, 3.05) is 55.6 Å². The lowest BCUT2D eigenvalue weighted by Crippen LogP contribution is -2.78. The number of pyridine rings is 1. The van der Waals surface area contributed by atoms with Crippen LogP contribution in [-0.4, -0.2) is 108 Å². The topological polar surface area (TPSA) is 168 Å². The van der Waals surface area contributed by atoms with Crippen LogP contribution in [0.3, 0.4) is 0 Å². The van der Waals surface area contributed by atoms with Gasteiger partial charge in [-0.25, -0.2) is 0 Å². The van der Waals surface area contributed by atoms with E-state index in [0.29, 0.717) is 33.7 Å². The Kier molecular flexibility index (Phi) is 9.17. The number of piperazine rings is 1. The largest absolute Gasteiger partial charge is 0.488 e. The fourth-order valence-electron chi connectivity index (χ4n) is 11.3. The molecule has 5 amide bonds. The van der Waals surface area contributed by atoms with Gasteiger partial charge < -0.3 is 19.9 Å². The molecule has 61 heavy (non-hydrogen) atoms. The molecule has 6 heterocycles. The van der Waals surface area contributed by atoms with E-state index in [4.69, 9.17) is 4.74 Å². The van der Waals surface area contributed by atoms with Gasteiger partial charge in [-0.3, -0.25) is 44.1 Å². The number of nitrogens with zero attached hydrogens (tertiary/aromatic N) is 6. The Morgan fingerprint density at radius 3 is 2.30 bits per heavy atom. The first-order valence-corrected chi connectivity index (χ1v) is 21.3. The minimum Gasteiger partial charge on any atom is -0.488 e. The number of benzene rings is 3. The van der Waals surface area contributed by atoms with Crippen molar-refractivity contribution in [1.29, 1.82) is 5.26 Å². The second kappa shape index (κ2) is 14.4. The summed E-state index contributed by atoms with van der Waals surface area (Å²) in [4.78, 5) is 77.2. The number of ether oxygens (including phenoxy) is 1. The van der Waals surface area contributed by atoms with Gasteiger partial charge in [0, 0.05) is 86.2 Å². The molecule has 5 aliphatic heterocycles. The molecule has 3 saturated heterocycles. The number of imide groups is 2. The third-order valence-corrected chi connectivity index (χ3v) is 14.4. The third-order valence-electron chi connectivity index (χ3n) is 14.4. The van der Waals surface area contributed by atoms with Crippen LogP contribution in [0.4, 0.5) is 11.4 Å². The van der Waals surface area contributed by atoms with Gasteiger partial charge in [0.05, 0.1) is 33.7 Å². The van der Waals surface area contributed by atoms with Crippen molar-refractivity contribution in [3.8, 4) is 11.8 Å². The molecule has 14 heteroatoms. The third kappa shape index (κ3) is 6.15. The molecule has 6 aliphatic rings. The summed E-state index contributed by atoms with van der Waals surface area (Å²) in [5.41, 5.74) is 4.53. The number of amides is 5. The zero-order chi connectivity index (χ0) is 42.4. The quantitative estimate of drug-likeness (QED) is 0.254.